The largest absolute Gasteiger partial charge is 0.416 e. The van der Waals surface area contributed by atoms with Crippen molar-refractivity contribution in [2.24, 2.45) is 0 Å². The van der Waals surface area contributed by atoms with E-state index in [1.807, 2.05) is 47.3 Å². The molecule has 6 aromatic carbocycles. The topological polar surface area (TPSA) is 38.0 Å². The monoisotopic (exact) mass is 1150 g/mol. The van der Waals surface area contributed by atoms with Crippen molar-refractivity contribution < 1.29 is 120 Å². The summed E-state index contributed by atoms with van der Waals surface area (Å²) in [6, 6.07) is 8.14. The molecule has 0 saturated heterocycles. The van der Waals surface area contributed by atoms with Crippen LogP contribution in [0.1, 0.15) is 72.1 Å². The lowest BCUT2D eigenvalue weighted by molar-refractivity contribution is -0.681. The quantitative estimate of drug-likeness (QED) is 0.0658. The lowest BCUT2D eigenvalue weighted by Gasteiger charge is -2.46. The first-order chi connectivity index (χ1) is 35.9. The number of alkyl halides is 24. The van der Waals surface area contributed by atoms with Gasteiger partial charge in [-0.1, -0.05) is 91.0 Å². The van der Waals surface area contributed by atoms with Crippen LogP contribution in [0.3, 0.4) is 0 Å². The molecule has 0 spiro atoms. The zero-order valence-electron chi connectivity index (χ0n) is 38.9. The van der Waals surface area contributed by atoms with Gasteiger partial charge in [0.05, 0.1) is 44.5 Å². The minimum atomic E-state index is -6.13. The number of halogens is 24. The average Bonchev–Trinajstić information content (AvgIpc) is 3.54. The molecule has 1 heterocycles. The Hall–Kier alpha value is -7.55. The molecule has 420 valence electrons. The Bertz CT molecular complexity index is 3000. The summed E-state index contributed by atoms with van der Waals surface area (Å²) in [6.45, 7) is 1.70. The van der Waals surface area contributed by atoms with Gasteiger partial charge in [-0.3, -0.25) is 9.59 Å². The summed E-state index contributed by atoms with van der Waals surface area (Å²) in [5.74, 6) is -0.154. The Balaban J connectivity index is 0.000000378. The van der Waals surface area contributed by atoms with Gasteiger partial charge in [0, 0.05) is 22.6 Å². The van der Waals surface area contributed by atoms with Crippen molar-refractivity contribution >= 4 is 50.3 Å². The summed E-state index contributed by atoms with van der Waals surface area (Å²) in [5.41, 5.74) is -29.2. The van der Waals surface area contributed by atoms with Crippen molar-refractivity contribution in [3.8, 4) is 0 Å². The summed E-state index contributed by atoms with van der Waals surface area (Å²) in [5, 5.41) is 2.22. The fourth-order valence-electron chi connectivity index (χ4n) is 8.63. The smallest absolute Gasteiger partial charge is 0.294 e. The number of rotatable bonds is 8. The number of hydrogen-bond acceptors (Lipinski definition) is 2. The molecule has 0 N–H and O–H groups in total. The first kappa shape index (κ1) is 60.7. The summed E-state index contributed by atoms with van der Waals surface area (Å²) in [4.78, 5) is 24.1. The normalized spacial score (nSPS) is 13.3. The molecule has 7 rings (SSSR count). The molecular weight excluding hydrogens is 1130 g/mol. The second kappa shape index (κ2) is 20.9. The van der Waals surface area contributed by atoms with Crippen LogP contribution < -0.4 is 26.4 Å². The van der Waals surface area contributed by atoms with E-state index in [1.54, 1.807) is 24.3 Å². The number of fused-ring (bicyclic) bond motifs is 1. The Morgan fingerprint density at radius 3 is 0.873 bits per heavy atom. The number of benzene rings is 6. The van der Waals surface area contributed by atoms with E-state index in [1.165, 1.54) is 6.92 Å². The van der Waals surface area contributed by atoms with Gasteiger partial charge < -0.3 is 0 Å². The molecule has 79 heavy (non-hydrogen) atoms. The van der Waals surface area contributed by atoms with E-state index in [2.05, 4.69) is 0 Å². The molecule has 0 radical (unpaired) electrons. The van der Waals surface area contributed by atoms with Crippen LogP contribution in [0, 0.1) is 0 Å². The molecule has 1 aromatic heterocycles. The van der Waals surface area contributed by atoms with Gasteiger partial charge >= 0.3 is 49.4 Å². The standard InChI is InChI=1S/C32H12BF24.C19H16NO2/c34-25(35,36)13-1-14(26(37,38)39)6-21(5-13)33(22-7-15(27(40,41)42)2-16(8-22)28(43,44)45,23-9-17(29(46,47)48)3-18(10-23)30(49,50)51)24-11-19(31(52,53)54)4-20(12-24)32(55,56)57;1-14(21)17-8-4-5-9-18(17)19(22)13-20-11-10-15-6-2-3-7-16(15)12-20/h1-12H;2-12H,13H2,1H3/q-1;+1. The van der Waals surface area contributed by atoms with Gasteiger partial charge in [0.15, 0.2) is 18.2 Å². The summed E-state index contributed by atoms with van der Waals surface area (Å²) in [7, 11) is 0. The highest BCUT2D eigenvalue weighted by Crippen LogP contribution is 2.41. The Morgan fingerprint density at radius 1 is 0.354 bits per heavy atom. The molecule has 28 heteroatoms. The molecule has 0 unspecified atom stereocenters. The Labute approximate surface area is 427 Å². The molecule has 0 aliphatic heterocycles. The van der Waals surface area contributed by atoms with E-state index < -0.39 is 195 Å². The molecule has 0 bridgehead atoms. The number of pyridine rings is 1. The van der Waals surface area contributed by atoms with E-state index in [0.29, 0.717) is 11.1 Å². The zero-order chi connectivity index (χ0) is 59.4. The fraction of sp³-hybridized carbons (Fsp3) is 0.196. The number of aromatic nitrogens is 1. The van der Waals surface area contributed by atoms with Crippen molar-refractivity contribution in [2.45, 2.75) is 62.9 Å². The molecule has 0 amide bonds. The minimum absolute atomic E-state index is 0.0638. The number of carbonyl (C=O) groups excluding carboxylic acids is 2. The third kappa shape index (κ3) is 13.7. The third-order valence-electron chi connectivity index (χ3n) is 12.1. The summed E-state index contributed by atoms with van der Waals surface area (Å²) >= 11 is 0. The van der Waals surface area contributed by atoms with Gasteiger partial charge in [0.1, 0.15) is 6.15 Å². The van der Waals surface area contributed by atoms with Crippen LogP contribution in [-0.2, 0) is 56.0 Å². The molecule has 0 aliphatic carbocycles. The number of Topliss-reactive ketones (excluding diaryl/α,β-unsaturated/α-hetero) is 2. The second-order valence-electron chi connectivity index (χ2n) is 17.5. The molecule has 0 saturated carbocycles. The van der Waals surface area contributed by atoms with E-state index >= 15 is 0 Å². The molecule has 0 atom stereocenters. The third-order valence-corrected chi connectivity index (χ3v) is 12.1. The Morgan fingerprint density at radius 2 is 0.608 bits per heavy atom. The second-order valence-corrected chi connectivity index (χ2v) is 17.5. The van der Waals surface area contributed by atoms with Crippen LogP contribution in [0.15, 0.2) is 140 Å². The number of hydrogen-bond donors (Lipinski definition) is 0. The highest BCUT2D eigenvalue weighted by Gasteiger charge is 2.47. The first-order valence-electron chi connectivity index (χ1n) is 21.8. The highest BCUT2D eigenvalue weighted by atomic mass is 19.4. The molecule has 0 fully saturated rings. The van der Waals surface area contributed by atoms with Crippen LogP contribution in [-0.4, -0.2) is 17.7 Å². The predicted octanol–water partition coefficient (Wildman–Crippen LogP) is 14.4. The van der Waals surface area contributed by atoms with Gasteiger partial charge in [0.2, 0.25) is 12.3 Å². The van der Waals surface area contributed by atoms with Crippen molar-refractivity contribution in [1.29, 1.82) is 0 Å². The van der Waals surface area contributed by atoms with Gasteiger partial charge in [-0.2, -0.15) is 132 Å². The van der Waals surface area contributed by atoms with Gasteiger partial charge in [-0.15, -0.1) is 0 Å². The van der Waals surface area contributed by atoms with Crippen LogP contribution in [0.25, 0.3) is 10.8 Å². The lowest BCUT2D eigenvalue weighted by atomic mass is 9.12. The number of carbonyl (C=O) groups is 2. The van der Waals surface area contributed by atoms with Crippen LogP contribution in [0.4, 0.5) is 105 Å². The first-order valence-corrected chi connectivity index (χ1v) is 21.8. The summed E-state index contributed by atoms with van der Waals surface area (Å²) in [6.07, 6.45) is -51.0. The van der Waals surface area contributed by atoms with Gasteiger partial charge in [-0.05, 0) is 42.6 Å². The van der Waals surface area contributed by atoms with Gasteiger partial charge in [0.25, 0.3) is 0 Å². The molecule has 0 aliphatic rings. The van der Waals surface area contributed by atoms with E-state index in [0.717, 1.165) is 10.8 Å². The maximum absolute atomic E-state index is 14.2. The van der Waals surface area contributed by atoms with Crippen molar-refractivity contribution in [1.82, 2.24) is 0 Å². The van der Waals surface area contributed by atoms with Crippen LogP contribution in [0.2, 0.25) is 0 Å². The lowest BCUT2D eigenvalue weighted by Crippen LogP contribution is -2.75. The Kier molecular flexibility index (Phi) is 16.1. The maximum atomic E-state index is 14.2. The van der Waals surface area contributed by atoms with Crippen molar-refractivity contribution in [3.05, 3.63) is 195 Å². The number of nitrogens with zero attached hydrogens (tertiary/aromatic N) is 1. The summed E-state index contributed by atoms with van der Waals surface area (Å²) < 4.78 is 343. The SMILES string of the molecule is CC(=O)c1ccccc1C(=O)C[n+]1ccc2ccccc2c1.FC(F)(F)c1cc([B-](c2cc(C(F)(F)F)cc(C(F)(F)F)c2)(c2cc(C(F)(F)F)cc(C(F)(F)F)c2)c2cc(C(F)(F)F)cc(C(F)(F)F)c2)cc(C(F)(F)F)c1. The van der Waals surface area contributed by atoms with Crippen molar-refractivity contribution in [3.63, 3.8) is 0 Å². The predicted molar refractivity (Wildman–Crippen MR) is 235 cm³/mol. The fourth-order valence-corrected chi connectivity index (χ4v) is 8.63. The minimum Gasteiger partial charge on any atom is -0.294 e. The van der Waals surface area contributed by atoms with Crippen molar-refractivity contribution in [2.75, 3.05) is 0 Å². The highest BCUT2D eigenvalue weighted by molar-refractivity contribution is 7.20. The zero-order valence-corrected chi connectivity index (χ0v) is 38.9. The van der Waals surface area contributed by atoms with E-state index in [9.17, 15) is 115 Å². The van der Waals surface area contributed by atoms with Crippen LogP contribution >= 0.6 is 0 Å². The van der Waals surface area contributed by atoms with Crippen LogP contribution in [0.5, 0.6) is 0 Å². The van der Waals surface area contributed by atoms with Gasteiger partial charge in [-0.25, -0.2) is 0 Å². The molecular formula is C51H28BF24NO2. The van der Waals surface area contributed by atoms with E-state index in [-0.39, 0.29) is 18.1 Å². The average molecular weight is 1150 g/mol. The maximum Gasteiger partial charge on any atom is 0.416 e. The number of ketones is 2. The van der Waals surface area contributed by atoms with E-state index in [4.69, 9.17) is 0 Å². The molecule has 3 nitrogen and oxygen atoms in total. The molecule has 7 aromatic rings.